The Kier molecular flexibility index (Phi) is 4.77. The quantitative estimate of drug-likeness (QED) is 0.739. The van der Waals surface area contributed by atoms with E-state index in [0.29, 0.717) is 25.9 Å². The molecule has 7 heteroatoms. The lowest BCUT2D eigenvalue weighted by atomic mass is 10.1. The van der Waals surface area contributed by atoms with Crippen molar-refractivity contribution in [1.29, 1.82) is 0 Å². The van der Waals surface area contributed by atoms with Crippen molar-refractivity contribution in [3.8, 4) is 0 Å². The molecule has 0 N–H and O–H groups in total. The summed E-state index contributed by atoms with van der Waals surface area (Å²) in [5.74, 6) is -0.366. The summed E-state index contributed by atoms with van der Waals surface area (Å²) < 4.78 is -1.36. The third kappa shape index (κ3) is 3.30. The zero-order chi connectivity index (χ0) is 16.6. The minimum Gasteiger partial charge on any atom is -0.311 e. The first-order chi connectivity index (χ1) is 10.9. The first-order valence-corrected chi connectivity index (χ1v) is 8.85. The lowest BCUT2D eigenvalue weighted by Gasteiger charge is -2.34. The van der Waals surface area contributed by atoms with Crippen LogP contribution in [0.1, 0.15) is 25.7 Å². The van der Waals surface area contributed by atoms with Gasteiger partial charge in [0.15, 0.2) is 4.33 Å². The Bertz CT molecular complexity index is 618. The highest BCUT2D eigenvalue weighted by molar-refractivity contribution is 6.59. The number of benzene rings is 1. The molecule has 0 bridgehead atoms. The van der Waals surface area contributed by atoms with Gasteiger partial charge < -0.3 is 9.80 Å². The summed E-state index contributed by atoms with van der Waals surface area (Å²) in [5, 5.41) is -0.458. The first kappa shape index (κ1) is 16.9. The number of halogens is 3. The van der Waals surface area contributed by atoms with Gasteiger partial charge in [0, 0.05) is 24.5 Å². The van der Waals surface area contributed by atoms with Crippen molar-refractivity contribution in [2.45, 2.75) is 35.4 Å². The topological polar surface area (TPSA) is 40.6 Å². The van der Waals surface area contributed by atoms with E-state index in [1.807, 2.05) is 24.3 Å². The Labute approximate surface area is 150 Å². The van der Waals surface area contributed by atoms with Gasteiger partial charge in [-0.15, -0.1) is 11.6 Å². The Hall–Kier alpha value is -0.970. The van der Waals surface area contributed by atoms with Crippen LogP contribution in [0.25, 0.3) is 0 Å². The molecule has 124 valence electrons. The predicted molar refractivity (Wildman–Crippen MR) is 93.7 cm³/mol. The Balaban J connectivity index is 1.79. The fraction of sp³-hybridized carbons (Fsp3) is 0.500. The number of hydrogen-bond acceptors (Lipinski definition) is 2. The average molecular weight is 376 g/mol. The molecule has 1 atom stereocenters. The van der Waals surface area contributed by atoms with Crippen molar-refractivity contribution in [2.75, 3.05) is 22.9 Å². The van der Waals surface area contributed by atoms with Gasteiger partial charge in [-0.1, -0.05) is 23.2 Å². The number of alkyl halides is 3. The summed E-state index contributed by atoms with van der Waals surface area (Å²) in [6, 6.07) is 7.28. The van der Waals surface area contributed by atoms with Gasteiger partial charge in [-0.3, -0.25) is 9.59 Å². The standard InChI is InChI=1S/C16H17Cl3N2O2/c17-13-3-1-9-20(14(13)22)11-4-6-12(7-5-11)21-10-2-8-16(18,19)15(21)23/h4-7,13H,1-3,8-10H2. The second-order valence-electron chi connectivity index (χ2n) is 5.88. The van der Waals surface area contributed by atoms with Crippen LogP contribution in [0.3, 0.4) is 0 Å². The zero-order valence-electron chi connectivity index (χ0n) is 12.5. The van der Waals surface area contributed by atoms with Gasteiger partial charge in [-0.2, -0.15) is 0 Å². The van der Waals surface area contributed by atoms with Crippen LogP contribution >= 0.6 is 34.8 Å². The minimum absolute atomic E-state index is 0.0692. The summed E-state index contributed by atoms with van der Waals surface area (Å²) >= 11 is 18.2. The number of carbonyl (C=O) groups excluding carboxylic acids is 2. The Morgan fingerprint density at radius 3 is 2.17 bits per heavy atom. The summed E-state index contributed by atoms with van der Waals surface area (Å²) in [7, 11) is 0. The highest BCUT2D eigenvalue weighted by atomic mass is 35.5. The highest BCUT2D eigenvalue weighted by Crippen LogP contribution is 2.36. The van der Waals surface area contributed by atoms with Gasteiger partial charge in [0.25, 0.3) is 5.91 Å². The molecule has 0 aromatic heterocycles. The maximum absolute atomic E-state index is 12.3. The number of rotatable bonds is 2. The molecule has 23 heavy (non-hydrogen) atoms. The average Bonchev–Trinajstić information content (AvgIpc) is 2.53. The summed E-state index contributed by atoms with van der Waals surface area (Å²) in [5.41, 5.74) is 1.52. The van der Waals surface area contributed by atoms with Crippen LogP contribution in [-0.2, 0) is 9.59 Å². The molecule has 0 spiro atoms. The van der Waals surface area contributed by atoms with Crippen LogP contribution in [-0.4, -0.2) is 34.6 Å². The number of amides is 2. The van der Waals surface area contributed by atoms with Gasteiger partial charge in [-0.05, 0) is 49.9 Å². The van der Waals surface area contributed by atoms with E-state index in [-0.39, 0.29) is 11.8 Å². The normalized spacial score (nSPS) is 24.9. The fourth-order valence-electron chi connectivity index (χ4n) is 3.01. The lowest BCUT2D eigenvalue weighted by molar-refractivity contribution is -0.120. The van der Waals surface area contributed by atoms with Crippen LogP contribution in [0.5, 0.6) is 0 Å². The first-order valence-electron chi connectivity index (χ1n) is 7.65. The lowest BCUT2D eigenvalue weighted by Crippen LogP contribution is -2.47. The van der Waals surface area contributed by atoms with Crippen LogP contribution in [0.2, 0.25) is 0 Å². The molecule has 2 aliphatic rings. The second kappa shape index (κ2) is 6.50. The van der Waals surface area contributed by atoms with Crippen LogP contribution in [0.4, 0.5) is 11.4 Å². The second-order valence-corrected chi connectivity index (χ2v) is 7.89. The van der Waals surface area contributed by atoms with Crippen molar-refractivity contribution in [3.63, 3.8) is 0 Å². The maximum atomic E-state index is 12.3. The molecule has 2 amide bonds. The van der Waals surface area contributed by atoms with E-state index in [4.69, 9.17) is 34.8 Å². The van der Waals surface area contributed by atoms with Crippen molar-refractivity contribution >= 4 is 58.0 Å². The maximum Gasteiger partial charge on any atom is 0.263 e. The largest absolute Gasteiger partial charge is 0.311 e. The number of hydrogen-bond donors (Lipinski definition) is 0. The van der Waals surface area contributed by atoms with Crippen LogP contribution < -0.4 is 9.80 Å². The number of nitrogens with zero attached hydrogens (tertiary/aromatic N) is 2. The van der Waals surface area contributed by atoms with E-state index in [1.54, 1.807) is 9.80 Å². The molecule has 1 aromatic carbocycles. The number of anilines is 2. The highest BCUT2D eigenvalue weighted by Gasteiger charge is 2.41. The van der Waals surface area contributed by atoms with Crippen LogP contribution in [0, 0.1) is 0 Å². The van der Waals surface area contributed by atoms with E-state index >= 15 is 0 Å². The zero-order valence-corrected chi connectivity index (χ0v) is 14.7. The smallest absolute Gasteiger partial charge is 0.263 e. The molecular weight excluding hydrogens is 359 g/mol. The third-order valence-electron chi connectivity index (χ3n) is 4.28. The molecule has 0 radical (unpaired) electrons. The monoisotopic (exact) mass is 374 g/mol. The van der Waals surface area contributed by atoms with Crippen LogP contribution in [0.15, 0.2) is 24.3 Å². The number of piperidine rings is 2. The van der Waals surface area contributed by atoms with Gasteiger partial charge in [0.1, 0.15) is 5.38 Å². The molecule has 2 saturated heterocycles. The van der Waals surface area contributed by atoms with Crippen molar-refractivity contribution in [2.24, 2.45) is 0 Å². The molecule has 1 unspecified atom stereocenters. The van der Waals surface area contributed by atoms with Gasteiger partial charge in [0.2, 0.25) is 5.91 Å². The third-order valence-corrected chi connectivity index (χ3v) is 5.38. The fourth-order valence-corrected chi connectivity index (χ4v) is 3.76. The van der Waals surface area contributed by atoms with Gasteiger partial charge in [-0.25, -0.2) is 0 Å². The predicted octanol–water partition coefficient (Wildman–Crippen LogP) is 3.72. The molecule has 2 heterocycles. The Morgan fingerprint density at radius 2 is 1.52 bits per heavy atom. The van der Waals surface area contributed by atoms with Gasteiger partial charge in [0.05, 0.1) is 0 Å². The molecule has 0 saturated carbocycles. The summed E-state index contributed by atoms with van der Waals surface area (Å²) in [4.78, 5) is 27.7. The molecule has 2 fully saturated rings. The molecule has 2 aliphatic heterocycles. The summed E-state index contributed by atoms with van der Waals surface area (Å²) in [6.45, 7) is 1.25. The van der Waals surface area contributed by atoms with E-state index in [0.717, 1.165) is 24.2 Å². The van der Waals surface area contributed by atoms with Crippen molar-refractivity contribution < 1.29 is 9.59 Å². The van der Waals surface area contributed by atoms with E-state index in [1.165, 1.54) is 0 Å². The van der Waals surface area contributed by atoms with Crippen molar-refractivity contribution in [3.05, 3.63) is 24.3 Å². The molecule has 3 rings (SSSR count). The molecular formula is C16H17Cl3N2O2. The Morgan fingerprint density at radius 1 is 0.957 bits per heavy atom. The molecule has 1 aromatic rings. The van der Waals surface area contributed by atoms with E-state index < -0.39 is 9.71 Å². The number of carbonyl (C=O) groups is 2. The molecule has 0 aliphatic carbocycles. The SMILES string of the molecule is O=C1C(Cl)CCCN1c1ccc(N2CCCC(Cl)(Cl)C2=O)cc1. The van der Waals surface area contributed by atoms with Crippen molar-refractivity contribution in [1.82, 2.24) is 0 Å². The molecule has 4 nitrogen and oxygen atoms in total. The van der Waals surface area contributed by atoms with E-state index in [9.17, 15) is 9.59 Å². The van der Waals surface area contributed by atoms with E-state index in [2.05, 4.69) is 0 Å². The summed E-state index contributed by atoms with van der Waals surface area (Å²) in [6.07, 6.45) is 2.81. The van der Waals surface area contributed by atoms with Gasteiger partial charge >= 0.3 is 0 Å². The minimum atomic E-state index is -1.36.